The maximum Gasteiger partial charge on any atom is 0.227 e. The molecule has 1 saturated heterocycles. The molecule has 0 unspecified atom stereocenters. The molecular formula is C22H22FN3O2. The maximum absolute atomic E-state index is 13.5. The van der Waals surface area contributed by atoms with Gasteiger partial charge in [-0.05, 0) is 62.4 Å². The summed E-state index contributed by atoms with van der Waals surface area (Å²) in [6.45, 7) is 4.56. The standard InChI is InChI=1S/C22H22FN3O2/c1-12-10-14(23)5-6-15(12)19-8-7-16-18(26-9-3-4-20(26)27)11-17-21(22(16)28-19)25-13(2)24-17/h5-6,10-11,19H,3-4,7-9H2,1-2H3,(H,24,25)/t19-/m0/s1. The Labute approximate surface area is 162 Å². The van der Waals surface area contributed by atoms with Gasteiger partial charge in [0.05, 0.1) is 11.2 Å². The summed E-state index contributed by atoms with van der Waals surface area (Å²) in [5.74, 6) is 1.48. The lowest BCUT2D eigenvalue weighted by atomic mass is 9.93. The molecule has 2 aromatic carbocycles. The van der Waals surface area contributed by atoms with E-state index in [-0.39, 0.29) is 17.8 Å². The number of carbonyl (C=O) groups excluding carboxylic acids is 1. The molecule has 1 aromatic heterocycles. The second-order valence-electron chi connectivity index (χ2n) is 7.72. The maximum atomic E-state index is 13.5. The number of nitrogens with zero attached hydrogens (tertiary/aromatic N) is 2. The number of imidazole rings is 1. The third-order valence-electron chi connectivity index (χ3n) is 5.79. The van der Waals surface area contributed by atoms with E-state index in [4.69, 9.17) is 4.74 Å². The Bertz CT molecular complexity index is 1100. The second kappa shape index (κ2) is 6.33. The Hall–Kier alpha value is -2.89. The van der Waals surface area contributed by atoms with Crippen molar-refractivity contribution in [3.8, 4) is 5.75 Å². The first-order chi connectivity index (χ1) is 13.5. The second-order valence-corrected chi connectivity index (χ2v) is 7.72. The van der Waals surface area contributed by atoms with E-state index in [0.717, 1.165) is 70.8 Å². The average Bonchev–Trinajstić information content (AvgIpc) is 3.25. The van der Waals surface area contributed by atoms with Gasteiger partial charge in [0.15, 0.2) is 5.75 Å². The zero-order chi connectivity index (χ0) is 19.4. The fraction of sp³-hybridized carbons (Fsp3) is 0.364. The number of hydrogen-bond acceptors (Lipinski definition) is 3. The molecule has 1 atom stereocenters. The molecule has 0 bridgehead atoms. The number of benzene rings is 2. The highest BCUT2D eigenvalue weighted by molar-refractivity contribution is 6.00. The van der Waals surface area contributed by atoms with Gasteiger partial charge in [-0.2, -0.15) is 0 Å². The summed E-state index contributed by atoms with van der Waals surface area (Å²) < 4.78 is 20.0. The number of carbonyl (C=O) groups is 1. The van der Waals surface area contributed by atoms with Crippen LogP contribution in [0.15, 0.2) is 24.3 Å². The van der Waals surface area contributed by atoms with E-state index in [2.05, 4.69) is 9.97 Å². The van der Waals surface area contributed by atoms with Crippen molar-refractivity contribution in [2.75, 3.05) is 11.4 Å². The molecule has 0 radical (unpaired) electrons. The van der Waals surface area contributed by atoms with Crippen LogP contribution in [-0.4, -0.2) is 22.4 Å². The molecule has 1 fully saturated rings. The van der Waals surface area contributed by atoms with E-state index in [0.29, 0.717) is 6.42 Å². The molecule has 5 nitrogen and oxygen atoms in total. The molecule has 144 valence electrons. The van der Waals surface area contributed by atoms with Crippen molar-refractivity contribution in [3.05, 3.63) is 52.6 Å². The molecule has 28 heavy (non-hydrogen) atoms. The van der Waals surface area contributed by atoms with Gasteiger partial charge >= 0.3 is 0 Å². The first kappa shape index (κ1) is 17.2. The number of aromatic amines is 1. The van der Waals surface area contributed by atoms with Gasteiger partial charge in [0.1, 0.15) is 23.3 Å². The van der Waals surface area contributed by atoms with Gasteiger partial charge in [-0.1, -0.05) is 6.07 Å². The normalized spacial score (nSPS) is 19.2. The molecular weight excluding hydrogens is 357 g/mol. The van der Waals surface area contributed by atoms with Crippen LogP contribution in [0.5, 0.6) is 5.75 Å². The number of ether oxygens (including phenoxy) is 1. The summed E-state index contributed by atoms with van der Waals surface area (Å²) in [5, 5.41) is 0. The topological polar surface area (TPSA) is 58.2 Å². The van der Waals surface area contributed by atoms with Crippen LogP contribution in [0.4, 0.5) is 10.1 Å². The predicted molar refractivity (Wildman–Crippen MR) is 105 cm³/mol. The van der Waals surface area contributed by atoms with Crippen LogP contribution >= 0.6 is 0 Å². The van der Waals surface area contributed by atoms with Crippen LogP contribution in [0.1, 0.15) is 47.9 Å². The van der Waals surface area contributed by atoms with Crippen molar-refractivity contribution in [2.24, 2.45) is 0 Å². The number of anilines is 1. The summed E-state index contributed by atoms with van der Waals surface area (Å²) in [6.07, 6.45) is 2.89. The fourth-order valence-corrected chi connectivity index (χ4v) is 4.48. The van der Waals surface area contributed by atoms with Crippen LogP contribution in [0.2, 0.25) is 0 Å². The molecule has 3 aromatic rings. The number of rotatable bonds is 2. The van der Waals surface area contributed by atoms with Crippen molar-refractivity contribution < 1.29 is 13.9 Å². The third-order valence-corrected chi connectivity index (χ3v) is 5.79. The molecule has 3 heterocycles. The van der Waals surface area contributed by atoms with Gasteiger partial charge in [-0.15, -0.1) is 0 Å². The highest BCUT2D eigenvalue weighted by Gasteiger charge is 2.32. The van der Waals surface area contributed by atoms with Crippen molar-refractivity contribution in [1.29, 1.82) is 0 Å². The van der Waals surface area contributed by atoms with Crippen LogP contribution in [0, 0.1) is 19.7 Å². The first-order valence-electron chi connectivity index (χ1n) is 9.76. The van der Waals surface area contributed by atoms with Crippen LogP contribution in [-0.2, 0) is 11.2 Å². The lowest BCUT2D eigenvalue weighted by Crippen LogP contribution is -2.27. The summed E-state index contributed by atoms with van der Waals surface area (Å²) in [6, 6.07) is 6.86. The van der Waals surface area contributed by atoms with Crippen molar-refractivity contribution in [1.82, 2.24) is 9.97 Å². The molecule has 6 heteroatoms. The summed E-state index contributed by atoms with van der Waals surface area (Å²) in [4.78, 5) is 22.2. The smallest absolute Gasteiger partial charge is 0.227 e. The fourth-order valence-electron chi connectivity index (χ4n) is 4.48. The van der Waals surface area contributed by atoms with Crippen LogP contribution < -0.4 is 9.64 Å². The van der Waals surface area contributed by atoms with Gasteiger partial charge < -0.3 is 14.6 Å². The minimum absolute atomic E-state index is 0.155. The zero-order valence-electron chi connectivity index (χ0n) is 16.0. The van der Waals surface area contributed by atoms with E-state index < -0.39 is 0 Å². The average molecular weight is 379 g/mol. The number of H-pyrrole nitrogens is 1. The summed E-state index contributed by atoms with van der Waals surface area (Å²) in [7, 11) is 0. The number of aromatic nitrogens is 2. The van der Waals surface area contributed by atoms with Gasteiger partial charge in [-0.3, -0.25) is 4.79 Å². The van der Waals surface area contributed by atoms with E-state index in [1.165, 1.54) is 6.07 Å². The molecule has 0 spiro atoms. The first-order valence-corrected chi connectivity index (χ1v) is 9.76. The largest absolute Gasteiger partial charge is 0.483 e. The van der Waals surface area contributed by atoms with Crippen LogP contribution in [0.3, 0.4) is 0 Å². The highest BCUT2D eigenvalue weighted by atomic mass is 19.1. The van der Waals surface area contributed by atoms with Crippen LogP contribution in [0.25, 0.3) is 11.0 Å². The number of aryl methyl sites for hydroxylation is 2. The molecule has 0 saturated carbocycles. The van der Waals surface area contributed by atoms with E-state index in [9.17, 15) is 9.18 Å². The Balaban J connectivity index is 1.64. The number of halogens is 1. The Morgan fingerprint density at radius 3 is 2.86 bits per heavy atom. The molecule has 2 aliphatic heterocycles. The molecule has 2 aliphatic rings. The third kappa shape index (κ3) is 2.66. The van der Waals surface area contributed by atoms with Gasteiger partial charge in [0.25, 0.3) is 0 Å². The zero-order valence-corrected chi connectivity index (χ0v) is 16.0. The molecule has 0 aliphatic carbocycles. The summed E-state index contributed by atoms with van der Waals surface area (Å²) >= 11 is 0. The summed E-state index contributed by atoms with van der Waals surface area (Å²) in [5.41, 5.74) is 5.53. The predicted octanol–water partition coefficient (Wildman–Crippen LogP) is 4.51. The lowest BCUT2D eigenvalue weighted by Gasteiger charge is -2.31. The molecule has 1 amide bonds. The van der Waals surface area contributed by atoms with Crippen molar-refractivity contribution >= 4 is 22.6 Å². The number of nitrogens with one attached hydrogen (secondary N) is 1. The van der Waals surface area contributed by atoms with Crippen molar-refractivity contribution in [2.45, 2.75) is 45.6 Å². The monoisotopic (exact) mass is 379 g/mol. The quantitative estimate of drug-likeness (QED) is 0.713. The Kier molecular flexibility index (Phi) is 3.89. The van der Waals surface area contributed by atoms with Gasteiger partial charge in [0, 0.05) is 18.5 Å². The number of fused-ring (bicyclic) bond motifs is 3. The van der Waals surface area contributed by atoms with E-state index in [1.807, 2.05) is 24.8 Å². The highest BCUT2D eigenvalue weighted by Crippen LogP contribution is 2.45. The lowest BCUT2D eigenvalue weighted by molar-refractivity contribution is -0.117. The minimum Gasteiger partial charge on any atom is -0.483 e. The van der Waals surface area contributed by atoms with Gasteiger partial charge in [0.2, 0.25) is 5.91 Å². The van der Waals surface area contributed by atoms with E-state index in [1.54, 1.807) is 12.1 Å². The van der Waals surface area contributed by atoms with E-state index >= 15 is 0 Å². The van der Waals surface area contributed by atoms with Gasteiger partial charge in [-0.25, -0.2) is 9.37 Å². The van der Waals surface area contributed by atoms with Crippen molar-refractivity contribution in [3.63, 3.8) is 0 Å². The number of hydrogen-bond donors (Lipinski definition) is 1. The molecule has 5 rings (SSSR count). The molecule has 1 N–H and O–H groups in total. The number of amides is 1. The minimum atomic E-state index is -0.238. The Morgan fingerprint density at radius 1 is 1.25 bits per heavy atom. The Morgan fingerprint density at radius 2 is 2.11 bits per heavy atom. The SMILES string of the molecule is Cc1nc2c3c(c(N4CCCC4=O)cc2[nH]1)CC[C@@H](c1ccc(F)cc1C)O3.